The minimum absolute atomic E-state index is 0.00158. The molecule has 0 radical (unpaired) electrons. The lowest BCUT2D eigenvalue weighted by molar-refractivity contribution is -0.127. The fourth-order valence-corrected chi connectivity index (χ4v) is 3.64. The second-order valence-corrected chi connectivity index (χ2v) is 7.31. The molecule has 0 atom stereocenters. The molecule has 0 spiro atoms. The van der Waals surface area contributed by atoms with Crippen LogP contribution < -0.4 is 20.1 Å². The summed E-state index contributed by atoms with van der Waals surface area (Å²) < 4.78 is 25.0. The Bertz CT molecular complexity index is 1060. The summed E-state index contributed by atoms with van der Waals surface area (Å²) in [6.07, 6.45) is 1.47. The van der Waals surface area contributed by atoms with Crippen molar-refractivity contribution in [2.45, 2.75) is 0 Å². The second-order valence-electron chi connectivity index (χ2n) is 6.15. The lowest BCUT2D eigenvalue weighted by Gasteiger charge is -2.12. The van der Waals surface area contributed by atoms with Gasteiger partial charge in [-0.1, -0.05) is 12.1 Å². The molecule has 2 aromatic carbocycles. The van der Waals surface area contributed by atoms with Crippen LogP contribution in [0.2, 0.25) is 0 Å². The molecule has 3 rings (SSSR count). The fraction of sp³-hybridized carbons (Fsp3) is 0.150. The Hall–Kier alpha value is -3.15. The summed E-state index contributed by atoms with van der Waals surface area (Å²) in [6.45, 7) is -0.556. The Morgan fingerprint density at radius 2 is 1.97 bits per heavy atom. The van der Waals surface area contributed by atoms with Crippen LogP contribution in [0.25, 0.3) is 6.08 Å². The Morgan fingerprint density at radius 1 is 1.23 bits per heavy atom. The molecule has 8 nitrogen and oxygen atoms in total. The Kier molecular flexibility index (Phi) is 6.55. The number of benzene rings is 2. The lowest BCUT2D eigenvalue weighted by Crippen LogP contribution is -2.38. The zero-order valence-corrected chi connectivity index (χ0v) is 18.2. The molecule has 0 bridgehead atoms. The number of para-hydroxylation sites is 1. The van der Waals surface area contributed by atoms with Crippen molar-refractivity contribution in [1.29, 1.82) is 0 Å². The van der Waals surface area contributed by atoms with Crippen LogP contribution in [0, 0.1) is 9.39 Å². The van der Waals surface area contributed by atoms with E-state index in [1.54, 1.807) is 18.2 Å². The number of nitrogens with zero attached hydrogens (tertiary/aromatic N) is 1. The second kappa shape index (κ2) is 9.11. The zero-order chi connectivity index (χ0) is 21.8. The molecule has 0 aromatic heterocycles. The van der Waals surface area contributed by atoms with E-state index in [0.29, 0.717) is 17.1 Å². The van der Waals surface area contributed by atoms with Gasteiger partial charge in [-0.15, -0.1) is 0 Å². The van der Waals surface area contributed by atoms with Gasteiger partial charge in [0.25, 0.3) is 5.91 Å². The summed E-state index contributed by atoms with van der Waals surface area (Å²) in [6, 6.07) is 8.26. The summed E-state index contributed by atoms with van der Waals surface area (Å²) in [7, 11) is 3.01. The van der Waals surface area contributed by atoms with Crippen molar-refractivity contribution >= 4 is 52.2 Å². The Balaban J connectivity index is 1.77. The highest BCUT2D eigenvalue weighted by Gasteiger charge is 2.35. The smallest absolute Gasteiger partial charge is 0.329 e. The monoisotopic (exact) mass is 525 g/mol. The normalized spacial score (nSPS) is 14.7. The number of rotatable bonds is 6. The first-order valence-corrected chi connectivity index (χ1v) is 9.72. The van der Waals surface area contributed by atoms with Gasteiger partial charge in [-0.05, 0) is 58.5 Å². The maximum atomic E-state index is 13.7. The summed E-state index contributed by atoms with van der Waals surface area (Å²) >= 11 is 2.06. The predicted octanol–water partition coefficient (Wildman–Crippen LogP) is 2.98. The fourth-order valence-electron chi connectivity index (χ4n) is 2.80. The van der Waals surface area contributed by atoms with E-state index in [1.165, 1.54) is 38.5 Å². The molecular weight excluding hydrogens is 508 g/mol. The van der Waals surface area contributed by atoms with Gasteiger partial charge in [-0.2, -0.15) is 0 Å². The van der Waals surface area contributed by atoms with Crippen molar-refractivity contribution in [2.24, 2.45) is 0 Å². The SMILES string of the molecule is COc1cc(/C=C2/NC(=O)N(CC(=O)Nc3ccccc3F)C2=O)cc(I)c1OC. The molecule has 4 amide bonds. The van der Waals surface area contributed by atoms with E-state index >= 15 is 0 Å². The lowest BCUT2D eigenvalue weighted by atomic mass is 10.1. The van der Waals surface area contributed by atoms with Crippen LogP contribution in [-0.4, -0.2) is 43.5 Å². The van der Waals surface area contributed by atoms with Gasteiger partial charge in [-0.25, -0.2) is 14.1 Å². The van der Waals surface area contributed by atoms with E-state index < -0.39 is 30.2 Å². The van der Waals surface area contributed by atoms with E-state index in [9.17, 15) is 18.8 Å². The number of hydrogen-bond acceptors (Lipinski definition) is 5. The molecule has 1 heterocycles. The highest BCUT2D eigenvalue weighted by molar-refractivity contribution is 14.1. The largest absolute Gasteiger partial charge is 0.493 e. The standard InChI is InChI=1S/C20H17FIN3O5/c1-29-16-9-11(7-13(22)18(16)30-2)8-15-19(27)25(20(28)24-15)10-17(26)23-14-6-4-3-5-12(14)21/h3-9H,10H2,1-2H3,(H,23,26)(H,24,28)/b15-8+. The molecule has 0 unspecified atom stereocenters. The molecule has 0 saturated carbocycles. The molecule has 1 aliphatic rings. The third kappa shape index (κ3) is 4.53. The predicted molar refractivity (Wildman–Crippen MR) is 116 cm³/mol. The highest BCUT2D eigenvalue weighted by Crippen LogP contribution is 2.34. The molecule has 0 aliphatic carbocycles. The third-order valence-electron chi connectivity index (χ3n) is 4.18. The van der Waals surface area contributed by atoms with Crippen LogP contribution in [-0.2, 0) is 9.59 Å². The molecular formula is C20H17FIN3O5. The third-order valence-corrected chi connectivity index (χ3v) is 4.98. The Morgan fingerprint density at radius 3 is 2.63 bits per heavy atom. The first kappa shape index (κ1) is 21.6. The van der Waals surface area contributed by atoms with Crippen molar-refractivity contribution in [3.8, 4) is 11.5 Å². The number of urea groups is 1. The number of anilines is 1. The maximum Gasteiger partial charge on any atom is 0.329 e. The van der Waals surface area contributed by atoms with Gasteiger partial charge in [-0.3, -0.25) is 9.59 Å². The average Bonchev–Trinajstić information content (AvgIpc) is 2.96. The Labute approximate surface area is 185 Å². The first-order chi connectivity index (χ1) is 14.3. The van der Waals surface area contributed by atoms with Crippen LogP contribution >= 0.6 is 22.6 Å². The van der Waals surface area contributed by atoms with Gasteiger partial charge in [0.2, 0.25) is 5.91 Å². The van der Waals surface area contributed by atoms with Crippen LogP contribution in [0.4, 0.5) is 14.9 Å². The summed E-state index contributed by atoms with van der Waals surface area (Å²) in [5.41, 5.74) is 0.560. The van der Waals surface area contributed by atoms with E-state index in [-0.39, 0.29) is 11.4 Å². The number of methoxy groups -OCH3 is 2. The van der Waals surface area contributed by atoms with Crippen molar-refractivity contribution in [3.05, 3.63) is 57.0 Å². The molecule has 1 fully saturated rings. The van der Waals surface area contributed by atoms with E-state index in [4.69, 9.17) is 9.47 Å². The van der Waals surface area contributed by atoms with Gasteiger partial charge < -0.3 is 20.1 Å². The van der Waals surface area contributed by atoms with E-state index in [1.807, 2.05) is 0 Å². The topological polar surface area (TPSA) is 97.0 Å². The molecule has 1 saturated heterocycles. The number of carbonyl (C=O) groups excluding carboxylic acids is 3. The van der Waals surface area contributed by atoms with Crippen LogP contribution in [0.1, 0.15) is 5.56 Å². The van der Waals surface area contributed by atoms with Crippen molar-refractivity contribution in [3.63, 3.8) is 0 Å². The average molecular weight is 525 g/mol. The van der Waals surface area contributed by atoms with E-state index in [0.717, 1.165) is 8.47 Å². The summed E-state index contributed by atoms with van der Waals surface area (Å²) in [5.74, 6) is -0.978. The van der Waals surface area contributed by atoms with Crippen LogP contribution in [0.3, 0.4) is 0 Å². The maximum absolute atomic E-state index is 13.7. The van der Waals surface area contributed by atoms with Crippen molar-refractivity contribution < 1.29 is 28.2 Å². The zero-order valence-electron chi connectivity index (χ0n) is 16.0. The first-order valence-electron chi connectivity index (χ1n) is 8.64. The highest BCUT2D eigenvalue weighted by atomic mass is 127. The van der Waals surface area contributed by atoms with Gasteiger partial charge in [0, 0.05) is 0 Å². The minimum atomic E-state index is -0.745. The van der Waals surface area contributed by atoms with Gasteiger partial charge >= 0.3 is 6.03 Å². The summed E-state index contributed by atoms with van der Waals surface area (Å²) in [4.78, 5) is 37.7. The number of carbonyl (C=O) groups is 3. The minimum Gasteiger partial charge on any atom is -0.493 e. The number of halogens is 2. The molecule has 156 valence electrons. The number of amides is 4. The molecule has 30 heavy (non-hydrogen) atoms. The quantitative estimate of drug-likeness (QED) is 0.344. The summed E-state index contributed by atoms with van der Waals surface area (Å²) in [5, 5.41) is 4.78. The van der Waals surface area contributed by atoms with Crippen molar-refractivity contribution in [2.75, 3.05) is 26.1 Å². The molecule has 1 aliphatic heterocycles. The van der Waals surface area contributed by atoms with Crippen LogP contribution in [0.15, 0.2) is 42.1 Å². The van der Waals surface area contributed by atoms with Crippen LogP contribution in [0.5, 0.6) is 11.5 Å². The van der Waals surface area contributed by atoms with Gasteiger partial charge in [0.1, 0.15) is 18.1 Å². The van der Waals surface area contributed by atoms with Gasteiger partial charge in [0.05, 0.1) is 23.5 Å². The van der Waals surface area contributed by atoms with Gasteiger partial charge in [0.15, 0.2) is 11.5 Å². The molecule has 2 aromatic rings. The number of ether oxygens (including phenoxy) is 2. The molecule has 10 heteroatoms. The van der Waals surface area contributed by atoms with E-state index in [2.05, 4.69) is 33.2 Å². The van der Waals surface area contributed by atoms with Crippen molar-refractivity contribution in [1.82, 2.24) is 10.2 Å². The number of imide groups is 1. The number of nitrogens with one attached hydrogen (secondary N) is 2. The molecule has 2 N–H and O–H groups in total. The number of hydrogen-bond donors (Lipinski definition) is 2.